The van der Waals surface area contributed by atoms with Crippen molar-refractivity contribution in [2.75, 3.05) is 13.2 Å². The molecule has 0 aromatic heterocycles. The van der Waals surface area contributed by atoms with E-state index in [-0.39, 0.29) is 17.9 Å². The third-order valence-electron chi connectivity index (χ3n) is 3.50. The molecule has 17 heavy (non-hydrogen) atoms. The van der Waals surface area contributed by atoms with Crippen LogP contribution in [-0.2, 0) is 14.3 Å². The summed E-state index contributed by atoms with van der Waals surface area (Å²) >= 11 is 0. The van der Waals surface area contributed by atoms with Crippen LogP contribution in [0.25, 0.3) is 0 Å². The van der Waals surface area contributed by atoms with Gasteiger partial charge in [0.1, 0.15) is 6.04 Å². The van der Waals surface area contributed by atoms with E-state index in [2.05, 4.69) is 0 Å². The Labute approximate surface area is 101 Å². The Bertz CT molecular complexity index is 318. The number of hydrogen-bond acceptors (Lipinski definition) is 3. The van der Waals surface area contributed by atoms with Crippen LogP contribution in [0.1, 0.15) is 32.6 Å². The fraction of sp³-hybridized carbons (Fsp3) is 0.833. The van der Waals surface area contributed by atoms with Crippen molar-refractivity contribution in [2.24, 2.45) is 5.92 Å². The third-order valence-corrected chi connectivity index (χ3v) is 3.50. The molecule has 0 spiro atoms. The van der Waals surface area contributed by atoms with Gasteiger partial charge in [-0.2, -0.15) is 0 Å². The molecule has 1 heterocycles. The smallest absolute Gasteiger partial charge is 0.326 e. The first-order valence-electron chi connectivity index (χ1n) is 6.30. The van der Waals surface area contributed by atoms with Gasteiger partial charge in [0, 0.05) is 13.2 Å². The lowest BCUT2D eigenvalue weighted by molar-refractivity contribution is -0.153. The Morgan fingerprint density at radius 1 is 1.41 bits per heavy atom. The number of carboxylic acids is 1. The number of piperidine rings is 1. The molecule has 3 atom stereocenters. The number of rotatable bonds is 4. The summed E-state index contributed by atoms with van der Waals surface area (Å²) in [7, 11) is 0. The van der Waals surface area contributed by atoms with E-state index in [1.54, 1.807) is 0 Å². The molecule has 0 radical (unpaired) electrons. The summed E-state index contributed by atoms with van der Waals surface area (Å²) < 4.78 is 5.38. The lowest BCUT2D eigenvalue weighted by Gasteiger charge is -2.33. The zero-order valence-corrected chi connectivity index (χ0v) is 10.1. The maximum Gasteiger partial charge on any atom is 0.326 e. The lowest BCUT2D eigenvalue weighted by Crippen LogP contribution is -2.48. The molecule has 5 heteroatoms. The minimum atomic E-state index is -0.883. The Morgan fingerprint density at radius 2 is 2.18 bits per heavy atom. The average Bonchev–Trinajstić information content (AvgIpc) is 3.08. The fourth-order valence-corrected chi connectivity index (χ4v) is 2.49. The summed E-state index contributed by atoms with van der Waals surface area (Å²) in [5.74, 6) is -1.02. The van der Waals surface area contributed by atoms with Crippen molar-refractivity contribution in [2.45, 2.75) is 44.8 Å². The highest BCUT2D eigenvalue weighted by Crippen LogP contribution is 2.36. The number of likely N-dealkylation sites (tertiary alicyclic amines) is 1. The van der Waals surface area contributed by atoms with Gasteiger partial charge >= 0.3 is 5.97 Å². The molecule has 2 fully saturated rings. The monoisotopic (exact) mass is 241 g/mol. The van der Waals surface area contributed by atoms with Gasteiger partial charge in [0.15, 0.2) is 0 Å². The molecule has 1 saturated heterocycles. The van der Waals surface area contributed by atoms with Crippen LogP contribution in [0, 0.1) is 5.92 Å². The summed E-state index contributed by atoms with van der Waals surface area (Å²) in [6.07, 6.45) is 3.13. The van der Waals surface area contributed by atoms with Crippen molar-refractivity contribution >= 4 is 11.9 Å². The second-order valence-corrected chi connectivity index (χ2v) is 4.72. The lowest BCUT2D eigenvalue weighted by atomic mass is 10.0. The zero-order chi connectivity index (χ0) is 12.4. The molecule has 3 unspecified atom stereocenters. The zero-order valence-electron chi connectivity index (χ0n) is 10.1. The minimum Gasteiger partial charge on any atom is -0.480 e. The van der Waals surface area contributed by atoms with Crippen LogP contribution < -0.4 is 0 Å². The molecular formula is C12H19NO4. The molecule has 2 aliphatic rings. The quantitative estimate of drug-likeness (QED) is 0.793. The second-order valence-electron chi connectivity index (χ2n) is 4.72. The molecule has 1 aliphatic heterocycles. The number of aliphatic carboxylic acids is 1. The van der Waals surface area contributed by atoms with Crippen LogP contribution in [0.4, 0.5) is 0 Å². The summed E-state index contributed by atoms with van der Waals surface area (Å²) in [6.45, 7) is 3.09. The van der Waals surface area contributed by atoms with E-state index in [0.29, 0.717) is 19.6 Å². The second kappa shape index (κ2) is 5.04. The Kier molecular flexibility index (Phi) is 3.66. The van der Waals surface area contributed by atoms with Crippen molar-refractivity contribution in [1.82, 2.24) is 4.90 Å². The predicted molar refractivity (Wildman–Crippen MR) is 60.5 cm³/mol. The SMILES string of the molecule is CCOC1CC1C(=O)N1CCCCC1C(=O)O. The van der Waals surface area contributed by atoms with Crippen LogP contribution in [0.5, 0.6) is 0 Å². The molecule has 1 saturated carbocycles. The molecule has 0 aromatic carbocycles. The molecular weight excluding hydrogens is 222 g/mol. The maximum absolute atomic E-state index is 12.1. The topological polar surface area (TPSA) is 66.8 Å². The van der Waals surface area contributed by atoms with Gasteiger partial charge in [-0.05, 0) is 32.6 Å². The van der Waals surface area contributed by atoms with Gasteiger partial charge in [0.05, 0.1) is 12.0 Å². The fourth-order valence-electron chi connectivity index (χ4n) is 2.49. The van der Waals surface area contributed by atoms with Gasteiger partial charge < -0.3 is 14.7 Å². The first-order chi connectivity index (χ1) is 8.15. The number of carbonyl (C=O) groups excluding carboxylic acids is 1. The van der Waals surface area contributed by atoms with Gasteiger partial charge in [-0.15, -0.1) is 0 Å². The van der Waals surface area contributed by atoms with Crippen molar-refractivity contribution in [3.8, 4) is 0 Å². The highest BCUT2D eigenvalue weighted by molar-refractivity contribution is 5.87. The highest BCUT2D eigenvalue weighted by atomic mass is 16.5. The van der Waals surface area contributed by atoms with Crippen LogP contribution in [0.15, 0.2) is 0 Å². The molecule has 1 N–H and O–H groups in total. The molecule has 96 valence electrons. The van der Waals surface area contributed by atoms with Crippen LogP contribution in [0.2, 0.25) is 0 Å². The number of carbonyl (C=O) groups is 2. The van der Waals surface area contributed by atoms with E-state index < -0.39 is 12.0 Å². The van der Waals surface area contributed by atoms with Crippen molar-refractivity contribution in [3.05, 3.63) is 0 Å². The largest absolute Gasteiger partial charge is 0.480 e. The predicted octanol–water partition coefficient (Wildman–Crippen LogP) is 0.877. The number of carboxylic acid groups (broad SMARTS) is 1. The number of amides is 1. The summed E-state index contributed by atoms with van der Waals surface area (Å²) in [5, 5.41) is 9.10. The van der Waals surface area contributed by atoms with Crippen LogP contribution >= 0.6 is 0 Å². The molecule has 0 bridgehead atoms. The number of nitrogens with zero attached hydrogens (tertiary/aromatic N) is 1. The molecule has 5 nitrogen and oxygen atoms in total. The number of hydrogen-bond donors (Lipinski definition) is 1. The molecule has 1 amide bonds. The Balaban J connectivity index is 1.95. The van der Waals surface area contributed by atoms with Gasteiger partial charge in [-0.25, -0.2) is 4.79 Å². The van der Waals surface area contributed by atoms with E-state index in [4.69, 9.17) is 9.84 Å². The summed E-state index contributed by atoms with van der Waals surface area (Å²) in [6, 6.07) is -0.626. The van der Waals surface area contributed by atoms with Gasteiger partial charge in [0.25, 0.3) is 0 Å². The van der Waals surface area contributed by atoms with Gasteiger partial charge in [0.2, 0.25) is 5.91 Å². The van der Waals surface area contributed by atoms with Gasteiger partial charge in [-0.3, -0.25) is 4.79 Å². The van der Waals surface area contributed by atoms with E-state index in [0.717, 1.165) is 19.3 Å². The Morgan fingerprint density at radius 3 is 2.82 bits per heavy atom. The molecule has 0 aromatic rings. The van der Waals surface area contributed by atoms with Crippen molar-refractivity contribution < 1.29 is 19.4 Å². The third kappa shape index (κ3) is 2.60. The van der Waals surface area contributed by atoms with Crippen LogP contribution in [0.3, 0.4) is 0 Å². The molecule has 2 rings (SSSR count). The van der Waals surface area contributed by atoms with E-state index in [1.807, 2.05) is 6.92 Å². The number of ether oxygens (including phenoxy) is 1. The van der Waals surface area contributed by atoms with E-state index in [1.165, 1.54) is 4.90 Å². The van der Waals surface area contributed by atoms with E-state index >= 15 is 0 Å². The maximum atomic E-state index is 12.1. The minimum absolute atomic E-state index is 0.0175. The van der Waals surface area contributed by atoms with Crippen molar-refractivity contribution in [1.29, 1.82) is 0 Å². The normalized spacial score (nSPS) is 32.3. The first-order valence-corrected chi connectivity index (χ1v) is 6.30. The summed E-state index contributed by atoms with van der Waals surface area (Å²) in [5.41, 5.74) is 0. The standard InChI is InChI=1S/C12H19NO4/c1-2-17-10-7-8(10)11(14)13-6-4-3-5-9(13)12(15)16/h8-10H,2-7H2,1H3,(H,15,16). The highest BCUT2D eigenvalue weighted by Gasteiger charge is 2.48. The van der Waals surface area contributed by atoms with Crippen LogP contribution in [-0.4, -0.2) is 47.2 Å². The molecule has 1 aliphatic carbocycles. The average molecular weight is 241 g/mol. The Hall–Kier alpha value is -1.10. The summed E-state index contributed by atoms with van der Waals surface area (Å²) in [4.78, 5) is 24.8. The van der Waals surface area contributed by atoms with E-state index in [9.17, 15) is 9.59 Å². The van der Waals surface area contributed by atoms with Gasteiger partial charge in [-0.1, -0.05) is 0 Å². The first kappa shape index (κ1) is 12.4. The van der Waals surface area contributed by atoms with Crippen molar-refractivity contribution in [3.63, 3.8) is 0 Å².